The zero-order valence-electron chi connectivity index (χ0n) is 27.4. The molecule has 3 aromatic rings. The Hall–Kier alpha value is -1.52. The highest BCUT2D eigenvalue weighted by molar-refractivity contribution is 7.26. The SMILES string of the molecule is CC1CCC(C2CCC(COc3ccc(OCC4CCC(C5CCC(C)CC5)CC4)c4sc(-c5cccs5)cc34)CC2)CC1. The molecule has 0 spiro atoms. The smallest absolute Gasteiger partial charge is 0.137 e. The van der Waals surface area contributed by atoms with Gasteiger partial charge in [0.05, 0.1) is 17.9 Å². The van der Waals surface area contributed by atoms with Crippen LogP contribution >= 0.6 is 22.7 Å². The number of benzene rings is 1. The van der Waals surface area contributed by atoms with Crippen LogP contribution in [0.1, 0.15) is 117 Å². The standard InChI is InChI=1S/C40H56O2S2/c1-27-5-13-31(14-6-27)33-17-9-29(10-18-33)25-41-36-21-22-37(40-35(36)24-39(44-40)38-4-3-23-43-38)42-26-30-11-19-34(20-12-30)32-15-7-28(2)8-16-32/h3-4,21-24,27-34H,5-20,25-26H2,1-2H3. The Morgan fingerprint density at radius 2 is 1.05 bits per heavy atom. The maximum absolute atomic E-state index is 6.67. The summed E-state index contributed by atoms with van der Waals surface area (Å²) in [5, 5.41) is 3.43. The first-order valence-corrected chi connectivity index (χ1v) is 20.1. The summed E-state index contributed by atoms with van der Waals surface area (Å²) in [7, 11) is 0. The molecule has 44 heavy (non-hydrogen) atoms. The summed E-state index contributed by atoms with van der Waals surface area (Å²) >= 11 is 3.71. The zero-order chi connectivity index (χ0) is 29.9. The number of fused-ring (bicyclic) bond motifs is 1. The van der Waals surface area contributed by atoms with E-state index in [0.29, 0.717) is 11.8 Å². The first-order chi connectivity index (χ1) is 21.6. The van der Waals surface area contributed by atoms with E-state index >= 15 is 0 Å². The van der Waals surface area contributed by atoms with E-state index in [2.05, 4.69) is 49.6 Å². The third-order valence-corrected chi connectivity index (χ3v) is 14.8. The predicted molar refractivity (Wildman–Crippen MR) is 189 cm³/mol. The molecule has 0 saturated heterocycles. The molecule has 1 aromatic carbocycles. The molecule has 4 aliphatic carbocycles. The second kappa shape index (κ2) is 14.5. The Morgan fingerprint density at radius 1 is 0.568 bits per heavy atom. The predicted octanol–water partition coefficient (Wildman–Crippen LogP) is 12.7. The first-order valence-electron chi connectivity index (χ1n) is 18.4. The van der Waals surface area contributed by atoms with Gasteiger partial charge in [0.15, 0.2) is 0 Å². The normalized spacial score (nSPS) is 33.3. The van der Waals surface area contributed by atoms with Crippen LogP contribution in [0.25, 0.3) is 19.8 Å². The molecule has 4 saturated carbocycles. The minimum atomic E-state index is 0.697. The van der Waals surface area contributed by atoms with Crippen molar-refractivity contribution in [2.45, 2.75) is 117 Å². The Balaban J connectivity index is 0.963. The van der Waals surface area contributed by atoms with Crippen molar-refractivity contribution in [2.24, 2.45) is 47.3 Å². The van der Waals surface area contributed by atoms with Gasteiger partial charge in [0.2, 0.25) is 0 Å². The van der Waals surface area contributed by atoms with E-state index in [4.69, 9.17) is 9.47 Å². The molecule has 240 valence electrons. The Labute approximate surface area is 275 Å². The maximum atomic E-state index is 6.67. The highest BCUT2D eigenvalue weighted by Crippen LogP contribution is 2.46. The van der Waals surface area contributed by atoms with E-state index < -0.39 is 0 Å². The van der Waals surface area contributed by atoms with E-state index in [1.165, 1.54) is 123 Å². The van der Waals surface area contributed by atoms with Gasteiger partial charge in [-0.3, -0.25) is 0 Å². The third-order valence-electron chi connectivity index (χ3n) is 12.6. The number of thiophene rings is 2. The van der Waals surface area contributed by atoms with Crippen molar-refractivity contribution in [3.8, 4) is 21.3 Å². The van der Waals surface area contributed by atoms with Gasteiger partial charge < -0.3 is 9.47 Å². The molecule has 2 aromatic heterocycles. The average molecular weight is 633 g/mol. The molecule has 2 heterocycles. The van der Waals surface area contributed by atoms with Gasteiger partial charge in [-0.1, -0.05) is 45.6 Å². The number of ether oxygens (including phenoxy) is 2. The van der Waals surface area contributed by atoms with Crippen LogP contribution in [-0.2, 0) is 0 Å². The van der Waals surface area contributed by atoms with Gasteiger partial charge in [0, 0.05) is 15.1 Å². The summed E-state index contributed by atoms with van der Waals surface area (Å²) in [5.41, 5.74) is 0. The lowest BCUT2D eigenvalue weighted by atomic mass is 9.69. The van der Waals surface area contributed by atoms with Crippen LogP contribution < -0.4 is 9.47 Å². The van der Waals surface area contributed by atoms with Crippen LogP contribution in [0.15, 0.2) is 35.7 Å². The van der Waals surface area contributed by atoms with Crippen LogP contribution in [0.2, 0.25) is 0 Å². The van der Waals surface area contributed by atoms with Gasteiger partial charge in [-0.25, -0.2) is 0 Å². The molecule has 0 radical (unpaired) electrons. The molecule has 7 rings (SSSR count). The van der Waals surface area contributed by atoms with Crippen LogP contribution in [0.3, 0.4) is 0 Å². The first kappa shape index (κ1) is 31.1. The molecule has 0 amide bonds. The third kappa shape index (κ3) is 7.38. The molecule has 4 fully saturated rings. The van der Waals surface area contributed by atoms with Gasteiger partial charge in [-0.2, -0.15) is 0 Å². The van der Waals surface area contributed by atoms with Crippen LogP contribution in [0, 0.1) is 47.3 Å². The Kier molecular flexibility index (Phi) is 10.2. The van der Waals surface area contributed by atoms with Gasteiger partial charge in [-0.15, -0.1) is 22.7 Å². The summed E-state index contributed by atoms with van der Waals surface area (Å²) < 4.78 is 14.6. The minimum absolute atomic E-state index is 0.697. The number of rotatable bonds is 9. The maximum Gasteiger partial charge on any atom is 0.137 e. The zero-order valence-corrected chi connectivity index (χ0v) is 29.1. The molecule has 0 bridgehead atoms. The second-order valence-corrected chi connectivity index (χ2v) is 17.6. The molecular weight excluding hydrogens is 577 g/mol. The molecule has 0 N–H and O–H groups in total. The van der Waals surface area contributed by atoms with Gasteiger partial charge in [0.1, 0.15) is 11.5 Å². The fourth-order valence-electron chi connectivity index (χ4n) is 9.44. The van der Waals surface area contributed by atoms with Crippen molar-refractivity contribution >= 4 is 32.8 Å². The summed E-state index contributed by atoms with van der Waals surface area (Å²) in [6, 6.07) is 11.2. The molecule has 4 aliphatic rings. The van der Waals surface area contributed by atoms with Crippen LogP contribution in [0.4, 0.5) is 0 Å². The largest absolute Gasteiger partial charge is 0.493 e. The quantitative estimate of drug-likeness (QED) is 0.234. The van der Waals surface area contributed by atoms with Gasteiger partial charge in [-0.05, 0) is 154 Å². The summed E-state index contributed by atoms with van der Waals surface area (Å²) in [6.07, 6.45) is 22.8. The summed E-state index contributed by atoms with van der Waals surface area (Å²) in [6.45, 7) is 6.61. The van der Waals surface area contributed by atoms with Crippen molar-refractivity contribution in [3.63, 3.8) is 0 Å². The fraction of sp³-hybridized carbons (Fsp3) is 0.700. The Morgan fingerprint density at radius 3 is 1.55 bits per heavy atom. The highest BCUT2D eigenvalue weighted by Gasteiger charge is 2.32. The monoisotopic (exact) mass is 632 g/mol. The second-order valence-electron chi connectivity index (χ2n) is 15.6. The summed E-state index contributed by atoms with van der Waals surface area (Å²) in [4.78, 5) is 2.68. The Bertz CT molecular complexity index is 1210. The van der Waals surface area contributed by atoms with E-state index in [1.807, 2.05) is 22.7 Å². The van der Waals surface area contributed by atoms with E-state index in [0.717, 1.165) is 60.2 Å². The average Bonchev–Trinajstić information content (AvgIpc) is 3.76. The number of hydrogen-bond acceptors (Lipinski definition) is 4. The topological polar surface area (TPSA) is 18.5 Å². The van der Waals surface area contributed by atoms with Crippen molar-refractivity contribution in [2.75, 3.05) is 13.2 Å². The summed E-state index contributed by atoms with van der Waals surface area (Å²) in [5.74, 6) is 9.36. The molecular formula is C40H56O2S2. The number of hydrogen-bond donors (Lipinski definition) is 0. The lowest BCUT2D eigenvalue weighted by Gasteiger charge is -2.37. The fourth-order valence-corrected chi connectivity index (χ4v) is 11.4. The van der Waals surface area contributed by atoms with Crippen molar-refractivity contribution < 1.29 is 9.47 Å². The lowest BCUT2D eigenvalue weighted by Crippen LogP contribution is -2.27. The highest BCUT2D eigenvalue weighted by atomic mass is 32.1. The molecule has 0 atom stereocenters. The van der Waals surface area contributed by atoms with Gasteiger partial charge in [0.25, 0.3) is 0 Å². The van der Waals surface area contributed by atoms with Gasteiger partial charge >= 0.3 is 0 Å². The van der Waals surface area contributed by atoms with Crippen molar-refractivity contribution in [1.29, 1.82) is 0 Å². The van der Waals surface area contributed by atoms with E-state index in [-0.39, 0.29) is 0 Å². The molecule has 0 aliphatic heterocycles. The lowest BCUT2D eigenvalue weighted by molar-refractivity contribution is 0.125. The minimum Gasteiger partial charge on any atom is -0.493 e. The van der Waals surface area contributed by atoms with Crippen LogP contribution in [0.5, 0.6) is 11.5 Å². The van der Waals surface area contributed by atoms with E-state index in [9.17, 15) is 0 Å². The molecule has 0 unspecified atom stereocenters. The van der Waals surface area contributed by atoms with E-state index in [1.54, 1.807) is 0 Å². The van der Waals surface area contributed by atoms with Crippen molar-refractivity contribution in [1.82, 2.24) is 0 Å². The molecule has 4 heteroatoms. The van der Waals surface area contributed by atoms with Crippen molar-refractivity contribution in [3.05, 3.63) is 35.7 Å². The molecule has 2 nitrogen and oxygen atoms in total. The van der Waals surface area contributed by atoms with Crippen LogP contribution in [-0.4, -0.2) is 13.2 Å².